The third kappa shape index (κ3) is 2.36. The molecule has 0 unspecified atom stereocenters. The topological polar surface area (TPSA) is 110 Å². The highest BCUT2D eigenvalue weighted by Gasteiger charge is 2.16. The summed E-state index contributed by atoms with van der Waals surface area (Å²) in [5.74, 6) is 3.64. The van der Waals surface area contributed by atoms with Gasteiger partial charge >= 0.3 is 0 Å². The highest BCUT2D eigenvalue weighted by molar-refractivity contribution is 6.31. The van der Waals surface area contributed by atoms with E-state index in [0.29, 0.717) is 16.3 Å². The van der Waals surface area contributed by atoms with E-state index in [2.05, 4.69) is 5.10 Å². The van der Waals surface area contributed by atoms with Crippen molar-refractivity contribution in [2.75, 3.05) is 0 Å². The maximum absolute atomic E-state index is 11.9. The van der Waals surface area contributed by atoms with Crippen molar-refractivity contribution in [3.05, 3.63) is 50.9 Å². The van der Waals surface area contributed by atoms with E-state index in [0.717, 1.165) is 10.7 Å². The minimum Gasteiger partial charge on any atom is -0.505 e. The number of aromatic hydroxyl groups is 1. The molecule has 0 fully saturated rings. The van der Waals surface area contributed by atoms with Gasteiger partial charge in [0.2, 0.25) is 0 Å². The van der Waals surface area contributed by atoms with Gasteiger partial charge in [0.25, 0.3) is 11.5 Å². The molecule has 104 valence electrons. The number of amides is 1. The third-order valence-electron chi connectivity index (χ3n) is 2.73. The summed E-state index contributed by atoms with van der Waals surface area (Å²) < 4.78 is 0.978. The van der Waals surface area contributed by atoms with Crippen LogP contribution < -0.4 is 16.8 Å². The molecular formula is C12H11ClN4O3. The van der Waals surface area contributed by atoms with Crippen LogP contribution in [0.4, 0.5) is 0 Å². The van der Waals surface area contributed by atoms with Crippen molar-refractivity contribution in [2.45, 2.75) is 6.92 Å². The molecule has 2 rings (SSSR count). The molecule has 0 radical (unpaired) electrons. The van der Waals surface area contributed by atoms with Crippen molar-refractivity contribution in [1.82, 2.24) is 15.2 Å². The Morgan fingerprint density at radius 3 is 2.85 bits per heavy atom. The van der Waals surface area contributed by atoms with E-state index in [1.807, 2.05) is 5.43 Å². The molecule has 0 saturated heterocycles. The van der Waals surface area contributed by atoms with E-state index in [1.165, 1.54) is 0 Å². The molecule has 1 aromatic heterocycles. The van der Waals surface area contributed by atoms with Gasteiger partial charge in [-0.25, -0.2) is 5.84 Å². The first-order chi connectivity index (χ1) is 9.45. The number of rotatable bonds is 2. The lowest BCUT2D eigenvalue weighted by Crippen LogP contribution is -2.33. The van der Waals surface area contributed by atoms with Crippen molar-refractivity contribution in [1.29, 1.82) is 0 Å². The van der Waals surface area contributed by atoms with Crippen molar-refractivity contribution in [3.63, 3.8) is 0 Å². The van der Waals surface area contributed by atoms with E-state index in [4.69, 9.17) is 17.4 Å². The Labute approximate surface area is 118 Å². The molecule has 0 aliphatic rings. The van der Waals surface area contributed by atoms with Crippen LogP contribution in [0, 0.1) is 6.92 Å². The summed E-state index contributed by atoms with van der Waals surface area (Å²) in [4.78, 5) is 23.4. The van der Waals surface area contributed by atoms with E-state index in [-0.39, 0.29) is 5.69 Å². The third-order valence-corrected chi connectivity index (χ3v) is 3.13. The van der Waals surface area contributed by atoms with Gasteiger partial charge in [0.15, 0.2) is 11.4 Å². The lowest BCUT2D eigenvalue weighted by molar-refractivity contribution is 0.0943. The van der Waals surface area contributed by atoms with E-state index >= 15 is 0 Å². The molecule has 1 heterocycles. The SMILES string of the molecule is Cc1c(Cl)cccc1-n1nc(C(=O)NN)c(O)cc1=O. The fourth-order valence-electron chi connectivity index (χ4n) is 1.68. The maximum Gasteiger partial charge on any atom is 0.289 e. The molecule has 8 heteroatoms. The zero-order valence-electron chi connectivity index (χ0n) is 10.4. The predicted octanol–water partition coefficient (Wildman–Crippen LogP) is 0.503. The number of carbonyl (C=O) groups is 1. The van der Waals surface area contributed by atoms with Crippen molar-refractivity contribution in [3.8, 4) is 11.4 Å². The largest absolute Gasteiger partial charge is 0.505 e. The van der Waals surface area contributed by atoms with Crippen molar-refractivity contribution < 1.29 is 9.90 Å². The Kier molecular flexibility index (Phi) is 3.73. The molecule has 7 nitrogen and oxygen atoms in total. The Morgan fingerprint density at radius 1 is 1.50 bits per heavy atom. The molecule has 1 amide bonds. The Morgan fingerprint density at radius 2 is 2.20 bits per heavy atom. The van der Waals surface area contributed by atoms with Crippen LogP contribution in [0.25, 0.3) is 5.69 Å². The Bertz CT molecular complexity index is 742. The van der Waals surface area contributed by atoms with Crippen LogP contribution in [0.15, 0.2) is 29.1 Å². The summed E-state index contributed by atoms with van der Waals surface area (Å²) in [5.41, 5.74) is 1.92. The zero-order valence-corrected chi connectivity index (χ0v) is 11.2. The Hall–Kier alpha value is -2.38. The van der Waals surface area contributed by atoms with Crippen LogP contribution in [0.3, 0.4) is 0 Å². The van der Waals surface area contributed by atoms with Crippen LogP contribution in [-0.4, -0.2) is 20.8 Å². The lowest BCUT2D eigenvalue weighted by Gasteiger charge is -2.11. The standard InChI is InChI=1S/C12H11ClN4O3/c1-6-7(13)3-2-4-8(6)17-10(19)5-9(18)11(16-17)12(20)15-14/h2-5,18H,14H2,1H3,(H,15,20). The van der Waals surface area contributed by atoms with Gasteiger partial charge in [-0.1, -0.05) is 17.7 Å². The van der Waals surface area contributed by atoms with Gasteiger partial charge in [-0.15, -0.1) is 0 Å². The first-order valence-corrected chi connectivity index (χ1v) is 5.93. The number of hydrazine groups is 1. The number of nitrogens with two attached hydrogens (primary N) is 1. The van der Waals surface area contributed by atoms with Gasteiger partial charge in [0.05, 0.1) is 5.69 Å². The minimum absolute atomic E-state index is 0.355. The van der Waals surface area contributed by atoms with Crippen LogP contribution in [0.1, 0.15) is 16.1 Å². The normalized spacial score (nSPS) is 10.3. The van der Waals surface area contributed by atoms with Crippen LogP contribution in [-0.2, 0) is 0 Å². The van der Waals surface area contributed by atoms with E-state index in [1.54, 1.807) is 25.1 Å². The molecule has 20 heavy (non-hydrogen) atoms. The van der Waals surface area contributed by atoms with Crippen molar-refractivity contribution >= 4 is 17.5 Å². The van der Waals surface area contributed by atoms with Gasteiger partial charge in [-0.3, -0.25) is 15.0 Å². The fraction of sp³-hybridized carbons (Fsp3) is 0.0833. The van der Waals surface area contributed by atoms with Gasteiger partial charge in [0.1, 0.15) is 0 Å². The summed E-state index contributed by atoms with van der Waals surface area (Å²) in [7, 11) is 0. The second-order valence-electron chi connectivity index (χ2n) is 3.99. The maximum atomic E-state index is 11.9. The fourth-order valence-corrected chi connectivity index (χ4v) is 1.84. The number of halogens is 1. The highest BCUT2D eigenvalue weighted by atomic mass is 35.5. The Balaban J connectivity index is 2.72. The number of aromatic nitrogens is 2. The molecule has 4 N–H and O–H groups in total. The molecular weight excluding hydrogens is 284 g/mol. The van der Waals surface area contributed by atoms with Crippen LogP contribution >= 0.6 is 11.6 Å². The van der Waals surface area contributed by atoms with Gasteiger partial charge in [-0.2, -0.15) is 9.78 Å². The number of hydrogen-bond donors (Lipinski definition) is 3. The van der Waals surface area contributed by atoms with E-state index in [9.17, 15) is 14.7 Å². The quantitative estimate of drug-likeness (QED) is 0.424. The molecule has 1 aromatic carbocycles. The number of carbonyl (C=O) groups excluding carboxylic acids is 1. The average Bonchev–Trinajstić information content (AvgIpc) is 2.42. The van der Waals surface area contributed by atoms with E-state index < -0.39 is 17.2 Å². The summed E-state index contributed by atoms with van der Waals surface area (Å²) in [5, 5.41) is 13.8. The average molecular weight is 295 g/mol. The summed E-state index contributed by atoms with van der Waals surface area (Å²) in [6, 6.07) is 5.82. The molecule has 2 aromatic rings. The minimum atomic E-state index is -0.809. The smallest absolute Gasteiger partial charge is 0.289 e. The predicted molar refractivity (Wildman–Crippen MR) is 72.9 cm³/mol. The summed E-state index contributed by atoms with van der Waals surface area (Å²) >= 11 is 5.99. The first-order valence-electron chi connectivity index (χ1n) is 5.55. The van der Waals surface area contributed by atoms with Crippen LogP contribution in [0.5, 0.6) is 5.75 Å². The number of nitrogen functional groups attached to an aromatic ring is 1. The summed E-state index contributed by atoms with van der Waals surface area (Å²) in [6.07, 6.45) is 0. The first kappa shape index (κ1) is 14.0. The van der Waals surface area contributed by atoms with Gasteiger partial charge in [-0.05, 0) is 24.6 Å². The molecule has 0 atom stereocenters. The molecule has 0 aliphatic carbocycles. The zero-order chi connectivity index (χ0) is 14.9. The monoisotopic (exact) mass is 294 g/mol. The van der Waals surface area contributed by atoms with Crippen molar-refractivity contribution in [2.24, 2.45) is 5.84 Å². The second-order valence-corrected chi connectivity index (χ2v) is 4.39. The highest BCUT2D eigenvalue weighted by Crippen LogP contribution is 2.21. The van der Waals surface area contributed by atoms with Gasteiger partial charge in [0, 0.05) is 11.1 Å². The molecule has 0 bridgehead atoms. The molecule has 0 saturated carbocycles. The number of hydrogen-bond acceptors (Lipinski definition) is 5. The number of nitrogens with zero attached hydrogens (tertiary/aromatic N) is 2. The lowest BCUT2D eigenvalue weighted by atomic mass is 10.2. The number of nitrogens with one attached hydrogen (secondary N) is 1. The molecule has 0 spiro atoms. The van der Waals surface area contributed by atoms with Crippen LogP contribution in [0.2, 0.25) is 5.02 Å². The summed E-state index contributed by atoms with van der Waals surface area (Å²) in [6.45, 7) is 1.71. The number of benzene rings is 1. The second kappa shape index (κ2) is 5.32. The van der Waals surface area contributed by atoms with Gasteiger partial charge < -0.3 is 5.11 Å². The molecule has 0 aliphatic heterocycles.